The predicted molar refractivity (Wildman–Crippen MR) is 91.9 cm³/mol. The van der Waals surface area contributed by atoms with Crippen LogP contribution in [0.15, 0.2) is 47.8 Å². The molecule has 7 heteroatoms. The molecule has 0 aliphatic rings. The Morgan fingerprint density at radius 2 is 1.87 bits per heavy atom. The van der Waals surface area contributed by atoms with Gasteiger partial charge in [-0.05, 0) is 42.5 Å². The second kappa shape index (κ2) is 6.66. The zero-order valence-corrected chi connectivity index (χ0v) is 13.8. The minimum Gasteiger partial charge on any atom is -0.298 e. The molecule has 0 radical (unpaired) electrons. The van der Waals surface area contributed by atoms with Gasteiger partial charge in [-0.2, -0.15) is 0 Å². The van der Waals surface area contributed by atoms with Crippen LogP contribution in [0, 0.1) is 5.82 Å². The van der Waals surface area contributed by atoms with Gasteiger partial charge in [0.25, 0.3) is 5.91 Å². The Morgan fingerprint density at radius 1 is 1.13 bits per heavy atom. The van der Waals surface area contributed by atoms with E-state index in [1.807, 2.05) is 0 Å². The number of nitrogens with zero attached hydrogens (tertiary/aromatic N) is 1. The van der Waals surface area contributed by atoms with Crippen molar-refractivity contribution in [2.45, 2.75) is 0 Å². The molecule has 0 spiro atoms. The Hall–Kier alpha value is -1.95. The molecular weight excluding hydrogens is 358 g/mol. The highest BCUT2D eigenvalue weighted by Gasteiger charge is 2.13. The topological polar surface area (TPSA) is 42.0 Å². The molecule has 116 valence electrons. The van der Waals surface area contributed by atoms with Gasteiger partial charge in [0.05, 0.1) is 16.3 Å². The number of benzene rings is 2. The highest BCUT2D eigenvalue weighted by Crippen LogP contribution is 2.26. The number of nitrogens with one attached hydrogen (secondary N) is 1. The number of rotatable bonds is 3. The van der Waals surface area contributed by atoms with Gasteiger partial charge < -0.3 is 0 Å². The maximum Gasteiger partial charge on any atom is 0.258 e. The van der Waals surface area contributed by atoms with Crippen molar-refractivity contribution in [3.63, 3.8) is 0 Å². The SMILES string of the molecule is O=C(Nc1nc(-c2ccc(F)cc2)cs1)c1ccc(Cl)cc1Cl. The first-order chi connectivity index (χ1) is 11.0. The van der Waals surface area contributed by atoms with E-state index in [9.17, 15) is 9.18 Å². The van der Waals surface area contributed by atoms with Gasteiger partial charge in [0.2, 0.25) is 0 Å². The van der Waals surface area contributed by atoms with E-state index in [4.69, 9.17) is 23.2 Å². The lowest BCUT2D eigenvalue weighted by Crippen LogP contribution is -2.12. The average molecular weight is 367 g/mol. The Kier molecular flexibility index (Phi) is 4.61. The fourth-order valence-corrected chi connectivity index (χ4v) is 3.13. The molecule has 0 atom stereocenters. The van der Waals surface area contributed by atoms with Crippen LogP contribution in [0.5, 0.6) is 0 Å². The van der Waals surface area contributed by atoms with E-state index in [0.717, 1.165) is 5.56 Å². The molecule has 1 N–H and O–H groups in total. The predicted octanol–water partition coefficient (Wildman–Crippen LogP) is 5.51. The Balaban J connectivity index is 1.78. The quantitative estimate of drug-likeness (QED) is 0.663. The van der Waals surface area contributed by atoms with Crippen molar-refractivity contribution in [3.8, 4) is 11.3 Å². The summed E-state index contributed by atoms with van der Waals surface area (Å²) in [4.78, 5) is 16.5. The van der Waals surface area contributed by atoms with Crippen LogP contribution >= 0.6 is 34.5 Å². The number of thiazole rings is 1. The van der Waals surface area contributed by atoms with Crippen LogP contribution in [0.25, 0.3) is 11.3 Å². The number of aromatic nitrogens is 1. The Bertz CT molecular complexity index is 865. The normalized spacial score (nSPS) is 10.6. The lowest BCUT2D eigenvalue weighted by atomic mass is 10.2. The first-order valence-electron chi connectivity index (χ1n) is 6.51. The third-order valence-corrected chi connectivity index (χ3v) is 4.35. The molecule has 3 nitrogen and oxygen atoms in total. The number of carbonyl (C=O) groups excluding carboxylic acids is 1. The van der Waals surface area contributed by atoms with E-state index in [2.05, 4.69) is 10.3 Å². The highest BCUT2D eigenvalue weighted by atomic mass is 35.5. The van der Waals surface area contributed by atoms with Crippen LogP contribution in [0.1, 0.15) is 10.4 Å². The second-order valence-electron chi connectivity index (χ2n) is 4.62. The van der Waals surface area contributed by atoms with E-state index in [1.165, 1.54) is 29.5 Å². The standard InChI is InChI=1S/C16H9Cl2FN2OS/c17-10-3-6-12(13(18)7-10)15(22)21-16-20-14(8-23-16)9-1-4-11(19)5-2-9/h1-8H,(H,20,21,22). The number of hydrogen-bond acceptors (Lipinski definition) is 3. The number of halogens is 3. The molecular formula is C16H9Cl2FN2OS. The van der Waals surface area contributed by atoms with E-state index in [1.54, 1.807) is 29.6 Å². The summed E-state index contributed by atoms with van der Waals surface area (Å²) in [6, 6.07) is 10.6. The molecule has 0 aliphatic heterocycles. The minimum atomic E-state index is -0.369. The van der Waals surface area contributed by atoms with Crippen LogP contribution in [0.3, 0.4) is 0 Å². The third-order valence-electron chi connectivity index (χ3n) is 3.04. The molecule has 1 heterocycles. The first kappa shape index (κ1) is 15.9. The lowest BCUT2D eigenvalue weighted by Gasteiger charge is -2.04. The van der Waals surface area contributed by atoms with Crippen molar-refractivity contribution < 1.29 is 9.18 Å². The van der Waals surface area contributed by atoms with Crippen molar-refractivity contribution in [3.05, 3.63) is 69.3 Å². The minimum absolute atomic E-state index is 0.269. The maximum absolute atomic E-state index is 12.9. The van der Waals surface area contributed by atoms with Crippen LogP contribution < -0.4 is 5.32 Å². The van der Waals surface area contributed by atoms with Gasteiger partial charge >= 0.3 is 0 Å². The summed E-state index contributed by atoms with van der Waals surface area (Å²) in [7, 11) is 0. The van der Waals surface area contributed by atoms with Crippen molar-refractivity contribution in [1.82, 2.24) is 4.98 Å². The summed E-state index contributed by atoms with van der Waals surface area (Å²) in [5.74, 6) is -0.679. The monoisotopic (exact) mass is 366 g/mol. The summed E-state index contributed by atoms with van der Waals surface area (Å²) in [5, 5.41) is 5.63. The summed E-state index contributed by atoms with van der Waals surface area (Å²) in [6.45, 7) is 0. The maximum atomic E-state index is 12.9. The van der Waals surface area contributed by atoms with Gasteiger partial charge in [-0.1, -0.05) is 23.2 Å². The van der Waals surface area contributed by atoms with E-state index in [0.29, 0.717) is 21.4 Å². The molecule has 0 fully saturated rings. The Morgan fingerprint density at radius 3 is 2.57 bits per heavy atom. The number of hydrogen-bond donors (Lipinski definition) is 1. The first-order valence-corrected chi connectivity index (χ1v) is 8.14. The fourth-order valence-electron chi connectivity index (χ4n) is 1.92. The van der Waals surface area contributed by atoms with Gasteiger partial charge in [-0.3, -0.25) is 10.1 Å². The zero-order valence-electron chi connectivity index (χ0n) is 11.5. The van der Waals surface area contributed by atoms with Gasteiger partial charge in [-0.15, -0.1) is 11.3 Å². The molecule has 3 aromatic rings. The molecule has 23 heavy (non-hydrogen) atoms. The van der Waals surface area contributed by atoms with Gasteiger partial charge in [-0.25, -0.2) is 9.37 Å². The van der Waals surface area contributed by atoms with Crippen LogP contribution in [-0.2, 0) is 0 Å². The van der Waals surface area contributed by atoms with Crippen LogP contribution in [0.4, 0.5) is 9.52 Å². The van der Waals surface area contributed by atoms with Gasteiger partial charge in [0, 0.05) is 16.0 Å². The molecule has 0 bridgehead atoms. The molecule has 0 aliphatic carbocycles. The molecule has 2 aromatic carbocycles. The number of amides is 1. The van der Waals surface area contributed by atoms with Crippen molar-refractivity contribution in [2.75, 3.05) is 5.32 Å². The van der Waals surface area contributed by atoms with Crippen molar-refractivity contribution in [2.24, 2.45) is 0 Å². The number of carbonyl (C=O) groups is 1. The second-order valence-corrected chi connectivity index (χ2v) is 6.32. The fraction of sp³-hybridized carbons (Fsp3) is 0. The molecule has 1 amide bonds. The summed E-state index contributed by atoms with van der Waals surface area (Å²) in [5.41, 5.74) is 1.75. The lowest BCUT2D eigenvalue weighted by molar-refractivity contribution is 0.102. The molecule has 0 saturated carbocycles. The molecule has 1 aromatic heterocycles. The average Bonchev–Trinajstić information content (AvgIpc) is 2.96. The van der Waals surface area contributed by atoms with Crippen molar-refractivity contribution in [1.29, 1.82) is 0 Å². The zero-order chi connectivity index (χ0) is 16.4. The Labute approximate surface area is 145 Å². The van der Waals surface area contributed by atoms with Crippen LogP contribution in [-0.4, -0.2) is 10.9 Å². The number of anilines is 1. The molecule has 0 unspecified atom stereocenters. The van der Waals surface area contributed by atoms with Crippen LogP contribution in [0.2, 0.25) is 10.0 Å². The van der Waals surface area contributed by atoms with Gasteiger partial charge in [0.15, 0.2) is 5.13 Å². The molecule has 3 rings (SSSR count). The smallest absolute Gasteiger partial charge is 0.258 e. The molecule has 0 saturated heterocycles. The highest BCUT2D eigenvalue weighted by molar-refractivity contribution is 7.14. The summed E-state index contributed by atoms with van der Waals surface area (Å²) >= 11 is 13.1. The summed E-state index contributed by atoms with van der Waals surface area (Å²) < 4.78 is 12.9. The van der Waals surface area contributed by atoms with E-state index < -0.39 is 0 Å². The van der Waals surface area contributed by atoms with E-state index >= 15 is 0 Å². The van der Waals surface area contributed by atoms with E-state index in [-0.39, 0.29) is 16.7 Å². The third kappa shape index (κ3) is 3.69. The van der Waals surface area contributed by atoms with Gasteiger partial charge in [0.1, 0.15) is 5.82 Å². The summed E-state index contributed by atoms with van der Waals surface area (Å²) in [6.07, 6.45) is 0. The van der Waals surface area contributed by atoms with Crippen molar-refractivity contribution >= 4 is 45.6 Å². The largest absolute Gasteiger partial charge is 0.298 e.